The van der Waals surface area contributed by atoms with Gasteiger partial charge in [-0.25, -0.2) is 0 Å². The standard InChI is InChI=1S/C13H20N2O/c1-15-8-7-12(13(16)10-15)14-9-11-5-3-2-4-6-11/h2-6,12-14,16H,7-10H2,1H3. The molecule has 2 rings (SSSR count). The van der Waals surface area contributed by atoms with Crippen LogP contribution < -0.4 is 5.32 Å². The van der Waals surface area contributed by atoms with Gasteiger partial charge in [0.1, 0.15) is 0 Å². The molecule has 1 fully saturated rings. The van der Waals surface area contributed by atoms with Gasteiger partial charge in [0.05, 0.1) is 6.10 Å². The average Bonchev–Trinajstić information content (AvgIpc) is 2.29. The second-order valence-electron chi connectivity index (χ2n) is 4.59. The van der Waals surface area contributed by atoms with Crippen molar-refractivity contribution in [3.05, 3.63) is 35.9 Å². The molecule has 3 heteroatoms. The molecular weight excluding hydrogens is 200 g/mol. The third kappa shape index (κ3) is 3.04. The van der Waals surface area contributed by atoms with E-state index < -0.39 is 0 Å². The molecule has 1 aromatic carbocycles. The van der Waals surface area contributed by atoms with Gasteiger partial charge in [-0.05, 0) is 25.6 Å². The van der Waals surface area contributed by atoms with Crippen LogP contribution in [0.25, 0.3) is 0 Å². The number of nitrogens with one attached hydrogen (secondary N) is 1. The molecule has 1 aliphatic rings. The van der Waals surface area contributed by atoms with E-state index in [-0.39, 0.29) is 12.1 Å². The molecule has 1 saturated heterocycles. The lowest BCUT2D eigenvalue weighted by Gasteiger charge is -2.34. The van der Waals surface area contributed by atoms with E-state index in [0.29, 0.717) is 0 Å². The van der Waals surface area contributed by atoms with Gasteiger partial charge in [-0.15, -0.1) is 0 Å². The molecule has 1 aromatic rings. The van der Waals surface area contributed by atoms with Gasteiger partial charge in [-0.1, -0.05) is 30.3 Å². The van der Waals surface area contributed by atoms with Crippen LogP contribution in [-0.2, 0) is 6.54 Å². The van der Waals surface area contributed by atoms with Crippen LogP contribution in [0.2, 0.25) is 0 Å². The minimum atomic E-state index is -0.248. The van der Waals surface area contributed by atoms with E-state index in [9.17, 15) is 5.11 Å². The highest BCUT2D eigenvalue weighted by Gasteiger charge is 2.24. The van der Waals surface area contributed by atoms with Crippen LogP contribution in [0.15, 0.2) is 30.3 Å². The molecule has 2 atom stereocenters. The third-order valence-electron chi connectivity index (χ3n) is 3.20. The molecule has 2 N–H and O–H groups in total. The van der Waals surface area contributed by atoms with E-state index in [0.717, 1.165) is 26.1 Å². The molecule has 3 nitrogen and oxygen atoms in total. The maximum atomic E-state index is 9.91. The Kier molecular flexibility index (Phi) is 3.93. The topological polar surface area (TPSA) is 35.5 Å². The van der Waals surface area contributed by atoms with Crippen LogP contribution in [0, 0.1) is 0 Å². The van der Waals surface area contributed by atoms with Crippen LogP contribution in [-0.4, -0.2) is 42.3 Å². The number of hydrogen-bond donors (Lipinski definition) is 2. The predicted molar refractivity (Wildman–Crippen MR) is 65.2 cm³/mol. The Morgan fingerprint density at radius 1 is 1.38 bits per heavy atom. The van der Waals surface area contributed by atoms with Crippen molar-refractivity contribution in [2.24, 2.45) is 0 Å². The summed E-state index contributed by atoms with van der Waals surface area (Å²) in [5.74, 6) is 0. The number of aliphatic hydroxyl groups is 1. The second kappa shape index (κ2) is 5.43. The number of benzene rings is 1. The summed E-state index contributed by atoms with van der Waals surface area (Å²) in [5.41, 5.74) is 1.27. The molecule has 1 heterocycles. The third-order valence-corrected chi connectivity index (χ3v) is 3.20. The number of likely N-dealkylation sites (N-methyl/N-ethyl adjacent to an activating group) is 1. The Labute approximate surface area is 97.1 Å². The van der Waals surface area contributed by atoms with Gasteiger partial charge in [-0.3, -0.25) is 0 Å². The minimum absolute atomic E-state index is 0.233. The summed E-state index contributed by atoms with van der Waals surface area (Å²) in [4.78, 5) is 2.17. The smallest absolute Gasteiger partial charge is 0.0820 e. The van der Waals surface area contributed by atoms with Crippen LogP contribution in [0.4, 0.5) is 0 Å². The fourth-order valence-electron chi connectivity index (χ4n) is 2.17. The summed E-state index contributed by atoms with van der Waals surface area (Å²) < 4.78 is 0. The summed E-state index contributed by atoms with van der Waals surface area (Å²) >= 11 is 0. The van der Waals surface area contributed by atoms with Gasteiger partial charge in [0.2, 0.25) is 0 Å². The number of rotatable bonds is 3. The molecule has 2 unspecified atom stereocenters. The quantitative estimate of drug-likeness (QED) is 0.792. The average molecular weight is 220 g/mol. The molecule has 0 spiro atoms. The van der Waals surface area contributed by atoms with Crippen molar-refractivity contribution in [2.75, 3.05) is 20.1 Å². The van der Waals surface area contributed by atoms with Gasteiger partial charge in [0.15, 0.2) is 0 Å². The lowest BCUT2D eigenvalue weighted by molar-refractivity contribution is 0.0513. The van der Waals surface area contributed by atoms with Gasteiger partial charge in [-0.2, -0.15) is 0 Å². The zero-order chi connectivity index (χ0) is 11.4. The molecule has 88 valence electrons. The van der Waals surface area contributed by atoms with Crippen LogP contribution in [0.1, 0.15) is 12.0 Å². The van der Waals surface area contributed by atoms with Crippen LogP contribution >= 0.6 is 0 Å². The fourth-order valence-corrected chi connectivity index (χ4v) is 2.17. The maximum Gasteiger partial charge on any atom is 0.0820 e. The van der Waals surface area contributed by atoms with Crippen molar-refractivity contribution in [1.82, 2.24) is 10.2 Å². The molecule has 0 saturated carbocycles. The molecular formula is C13H20N2O. The zero-order valence-electron chi connectivity index (χ0n) is 9.76. The molecule has 16 heavy (non-hydrogen) atoms. The highest BCUT2D eigenvalue weighted by molar-refractivity contribution is 5.14. The lowest BCUT2D eigenvalue weighted by Crippen LogP contribution is -2.51. The monoisotopic (exact) mass is 220 g/mol. The van der Waals surface area contributed by atoms with Crippen molar-refractivity contribution >= 4 is 0 Å². The van der Waals surface area contributed by atoms with E-state index in [4.69, 9.17) is 0 Å². The molecule has 1 aliphatic heterocycles. The first-order valence-electron chi connectivity index (χ1n) is 5.89. The number of β-amino-alcohol motifs (C(OH)–C–C–N with tert-alkyl or cyclic N) is 1. The minimum Gasteiger partial charge on any atom is -0.390 e. The fraction of sp³-hybridized carbons (Fsp3) is 0.538. The molecule has 0 aliphatic carbocycles. The number of piperidine rings is 1. The van der Waals surface area contributed by atoms with Gasteiger partial charge < -0.3 is 15.3 Å². The summed E-state index contributed by atoms with van der Waals surface area (Å²) in [7, 11) is 2.05. The van der Waals surface area contributed by atoms with Crippen molar-refractivity contribution in [3.8, 4) is 0 Å². The van der Waals surface area contributed by atoms with E-state index in [2.05, 4.69) is 29.4 Å². The van der Waals surface area contributed by atoms with Gasteiger partial charge >= 0.3 is 0 Å². The number of likely N-dealkylation sites (tertiary alicyclic amines) is 1. The van der Waals surface area contributed by atoms with E-state index in [1.165, 1.54) is 5.56 Å². The number of nitrogens with zero attached hydrogens (tertiary/aromatic N) is 1. The number of hydrogen-bond acceptors (Lipinski definition) is 3. The highest BCUT2D eigenvalue weighted by atomic mass is 16.3. The van der Waals surface area contributed by atoms with E-state index >= 15 is 0 Å². The first-order chi connectivity index (χ1) is 7.75. The largest absolute Gasteiger partial charge is 0.390 e. The van der Waals surface area contributed by atoms with Crippen molar-refractivity contribution in [2.45, 2.75) is 25.1 Å². The summed E-state index contributed by atoms with van der Waals surface area (Å²) in [6.07, 6.45) is 0.771. The molecule has 0 radical (unpaired) electrons. The lowest BCUT2D eigenvalue weighted by atomic mass is 10.0. The summed E-state index contributed by atoms with van der Waals surface area (Å²) in [6, 6.07) is 10.6. The van der Waals surface area contributed by atoms with E-state index in [1.807, 2.05) is 18.2 Å². The van der Waals surface area contributed by atoms with Gasteiger partial charge in [0.25, 0.3) is 0 Å². The number of aliphatic hydroxyl groups excluding tert-OH is 1. The zero-order valence-corrected chi connectivity index (χ0v) is 9.76. The predicted octanol–water partition coefficient (Wildman–Crippen LogP) is 0.841. The summed E-state index contributed by atoms with van der Waals surface area (Å²) in [6.45, 7) is 2.67. The highest BCUT2D eigenvalue weighted by Crippen LogP contribution is 2.10. The van der Waals surface area contributed by atoms with Crippen molar-refractivity contribution < 1.29 is 5.11 Å². The van der Waals surface area contributed by atoms with Crippen LogP contribution in [0.5, 0.6) is 0 Å². The first kappa shape index (κ1) is 11.6. The molecule has 0 amide bonds. The first-order valence-corrected chi connectivity index (χ1v) is 5.89. The molecule has 0 aromatic heterocycles. The second-order valence-corrected chi connectivity index (χ2v) is 4.59. The van der Waals surface area contributed by atoms with Crippen LogP contribution in [0.3, 0.4) is 0 Å². The Morgan fingerprint density at radius 2 is 2.12 bits per heavy atom. The maximum absolute atomic E-state index is 9.91. The Bertz CT molecular complexity index is 315. The SMILES string of the molecule is CN1CCC(NCc2ccccc2)C(O)C1. The van der Waals surface area contributed by atoms with Gasteiger partial charge in [0, 0.05) is 19.1 Å². The van der Waals surface area contributed by atoms with E-state index in [1.54, 1.807) is 0 Å². The Morgan fingerprint density at radius 3 is 2.81 bits per heavy atom. The summed E-state index contributed by atoms with van der Waals surface area (Å²) in [5, 5.41) is 13.3. The normalized spacial score (nSPS) is 26.9. The molecule has 0 bridgehead atoms. The Hall–Kier alpha value is -0.900. The van der Waals surface area contributed by atoms with Crippen molar-refractivity contribution in [3.63, 3.8) is 0 Å². The van der Waals surface area contributed by atoms with Crippen molar-refractivity contribution in [1.29, 1.82) is 0 Å². The Balaban J connectivity index is 1.82.